The molecular formula is C30H30N4O5S2. The fourth-order valence-corrected chi connectivity index (χ4v) is 7.19. The Kier molecular flexibility index (Phi) is 8.30. The zero-order valence-corrected chi connectivity index (χ0v) is 24.4. The molecule has 0 fully saturated rings. The molecule has 0 bridgehead atoms. The highest BCUT2D eigenvalue weighted by Crippen LogP contribution is 2.31. The normalized spacial score (nSPS) is 13.3. The van der Waals surface area contributed by atoms with Crippen molar-refractivity contribution < 1.29 is 22.8 Å². The standard InChI is InChI=1S/C30H30N4O5S2/c1-3-5-16-33(17-6-4-2)41(38,39)22-14-15-25-26(19-22)40-30(31-25)32-27(35)20-10-9-11-21(18-20)34-28(36)23-12-7-8-13-24(23)29(34)37/h7-15,18-19H,3-6,16-17H2,1-2H3,(H,31,32,35). The molecule has 1 aliphatic heterocycles. The summed E-state index contributed by atoms with van der Waals surface area (Å²) in [5.41, 5.74) is 1.74. The Bertz CT molecular complexity index is 1710. The second-order valence-corrected chi connectivity index (χ2v) is 12.7. The molecule has 0 unspecified atom stereocenters. The van der Waals surface area contributed by atoms with Gasteiger partial charge in [0.15, 0.2) is 5.13 Å². The van der Waals surface area contributed by atoms with E-state index in [-0.39, 0.29) is 10.5 Å². The van der Waals surface area contributed by atoms with E-state index in [9.17, 15) is 22.8 Å². The van der Waals surface area contributed by atoms with Gasteiger partial charge >= 0.3 is 0 Å². The van der Waals surface area contributed by atoms with E-state index in [1.54, 1.807) is 65.0 Å². The van der Waals surface area contributed by atoms with Gasteiger partial charge in [-0.2, -0.15) is 4.31 Å². The van der Waals surface area contributed by atoms with Crippen molar-refractivity contribution >= 4 is 60.1 Å². The molecule has 3 aromatic carbocycles. The molecule has 0 radical (unpaired) electrons. The van der Waals surface area contributed by atoms with E-state index in [4.69, 9.17) is 0 Å². The van der Waals surface area contributed by atoms with Crippen molar-refractivity contribution in [1.82, 2.24) is 9.29 Å². The topological polar surface area (TPSA) is 117 Å². The van der Waals surface area contributed by atoms with Crippen LogP contribution in [0.2, 0.25) is 0 Å². The van der Waals surface area contributed by atoms with E-state index in [2.05, 4.69) is 10.3 Å². The monoisotopic (exact) mass is 590 g/mol. The number of hydrogen-bond donors (Lipinski definition) is 1. The number of carbonyl (C=O) groups is 3. The van der Waals surface area contributed by atoms with Crippen molar-refractivity contribution in [3.05, 3.63) is 83.4 Å². The lowest BCUT2D eigenvalue weighted by molar-refractivity contribution is 0.0924. The van der Waals surface area contributed by atoms with Gasteiger partial charge in [0, 0.05) is 18.7 Å². The van der Waals surface area contributed by atoms with Crippen LogP contribution in [0.3, 0.4) is 0 Å². The van der Waals surface area contributed by atoms with Gasteiger partial charge in [-0.15, -0.1) is 0 Å². The predicted molar refractivity (Wildman–Crippen MR) is 160 cm³/mol. The largest absolute Gasteiger partial charge is 0.298 e. The van der Waals surface area contributed by atoms with E-state index in [1.165, 1.54) is 17.4 Å². The number of fused-ring (bicyclic) bond motifs is 2. The van der Waals surface area contributed by atoms with Gasteiger partial charge in [-0.25, -0.2) is 18.3 Å². The first-order valence-corrected chi connectivity index (χ1v) is 15.8. The van der Waals surface area contributed by atoms with Gasteiger partial charge < -0.3 is 0 Å². The molecule has 11 heteroatoms. The van der Waals surface area contributed by atoms with Gasteiger partial charge in [-0.1, -0.05) is 56.2 Å². The molecular weight excluding hydrogens is 560 g/mol. The number of carbonyl (C=O) groups excluding carboxylic acids is 3. The third-order valence-corrected chi connectivity index (χ3v) is 9.73. The number of unbranched alkanes of at least 4 members (excludes halogenated alkanes) is 2. The summed E-state index contributed by atoms with van der Waals surface area (Å²) in [4.78, 5) is 44.6. The Labute approximate surface area is 242 Å². The molecule has 0 saturated carbocycles. The molecule has 0 spiro atoms. The van der Waals surface area contributed by atoms with Crippen molar-refractivity contribution in [3.63, 3.8) is 0 Å². The molecule has 212 valence electrons. The van der Waals surface area contributed by atoms with Gasteiger partial charge in [0.1, 0.15) is 0 Å². The summed E-state index contributed by atoms with van der Waals surface area (Å²) >= 11 is 1.18. The first-order chi connectivity index (χ1) is 19.7. The summed E-state index contributed by atoms with van der Waals surface area (Å²) in [6, 6.07) is 17.7. The Morgan fingerprint density at radius 2 is 1.56 bits per heavy atom. The molecule has 1 aliphatic rings. The van der Waals surface area contributed by atoms with Gasteiger partial charge in [-0.05, 0) is 61.4 Å². The number of aromatic nitrogens is 1. The van der Waals surface area contributed by atoms with Crippen LogP contribution in [0.25, 0.3) is 10.2 Å². The molecule has 5 rings (SSSR count). The van der Waals surface area contributed by atoms with Crippen LogP contribution < -0.4 is 10.2 Å². The van der Waals surface area contributed by atoms with Crippen LogP contribution in [0, 0.1) is 0 Å². The van der Waals surface area contributed by atoms with Crippen molar-refractivity contribution in [2.24, 2.45) is 0 Å². The SMILES string of the molecule is CCCCN(CCCC)S(=O)(=O)c1ccc2nc(NC(=O)c3cccc(N4C(=O)c5ccccc5C4=O)c3)sc2c1. The van der Waals surface area contributed by atoms with Crippen LogP contribution in [0.4, 0.5) is 10.8 Å². The third kappa shape index (κ3) is 5.65. The number of sulfonamides is 1. The van der Waals surface area contributed by atoms with Crippen molar-refractivity contribution in [3.8, 4) is 0 Å². The molecule has 1 aromatic heterocycles. The Hall–Kier alpha value is -3.93. The number of benzene rings is 3. The highest BCUT2D eigenvalue weighted by Gasteiger charge is 2.36. The molecule has 4 aromatic rings. The van der Waals surface area contributed by atoms with Crippen LogP contribution >= 0.6 is 11.3 Å². The first-order valence-electron chi connectivity index (χ1n) is 13.5. The first kappa shape index (κ1) is 28.6. The fourth-order valence-electron chi connectivity index (χ4n) is 4.67. The Morgan fingerprint density at radius 1 is 0.902 bits per heavy atom. The van der Waals surface area contributed by atoms with Crippen LogP contribution in [-0.4, -0.2) is 48.5 Å². The number of anilines is 2. The summed E-state index contributed by atoms with van der Waals surface area (Å²) in [7, 11) is -3.67. The molecule has 2 heterocycles. The minimum absolute atomic E-state index is 0.201. The molecule has 0 aliphatic carbocycles. The maximum Gasteiger partial charge on any atom is 0.266 e. The van der Waals surface area contributed by atoms with E-state index in [0.29, 0.717) is 45.3 Å². The number of nitrogens with one attached hydrogen (secondary N) is 1. The van der Waals surface area contributed by atoms with Crippen molar-refractivity contribution in [2.75, 3.05) is 23.3 Å². The average molecular weight is 591 g/mol. The molecule has 41 heavy (non-hydrogen) atoms. The van der Waals surface area contributed by atoms with E-state index < -0.39 is 27.7 Å². The minimum atomic E-state index is -3.67. The smallest absolute Gasteiger partial charge is 0.266 e. The van der Waals surface area contributed by atoms with E-state index >= 15 is 0 Å². The number of nitrogens with zero attached hydrogens (tertiary/aromatic N) is 3. The highest BCUT2D eigenvalue weighted by molar-refractivity contribution is 7.89. The molecule has 9 nitrogen and oxygen atoms in total. The van der Waals surface area contributed by atoms with Crippen LogP contribution in [0.15, 0.2) is 71.6 Å². The summed E-state index contributed by atoms with van der Waals surface area (Å²) in [6.07, 6.45) is 3.37. The Morgan fingerprint density at radius 3 is 2.20 bits per heavy atom. The minimum Gasteiger partial charge on any atom is -0.298 e. The number of rotatable bonds is 11. The van der Waals surface area contributed by atoms with E-state index in [1.807, 2.05) is 13.8 Å². The quantitative estimate of drug-likeness (QED) is 0.216. The zero-order chi connectivity index (χ0) is 29.1. The molecule has 1 N–H and O–H groups in total. The van der Waals surface area contributed by atoms with Gasteiger partial charge in [0.25, 0.3) is 17.7 Å². The van der Waals surface area contributed by atoms with Gasteiger partial charge in [0.05, 0.1) is 31.9 Å². The lowest BCUT2D eigenvalue weighted by atomic mass is 10.1. The Balaban J connectivity index is 1.35. The lowest BCUT2D eigenvalue weighted by Gasteiger charge is -2.21. The summed E-state index contributed by atoms with van der Waals surface area (Å²) in [6.45, 7) is 5.01. The zero-order valence-electron chi connectivity index (χ0n) is 22.8. The maximum atomic E-state index is 13.4. The fraction of sp³-hybridized carbons (Fsp3) is 0.267. The third-order valence-electron chi connectivity index (χ3n) is 6.90. The van der Waals surface area contributed by atoms with Gasteiger partial charge in [-0.3, -0.25) is 19.7 Å². The van der Waals surface area contributed by atoms with E-state index in [0.717, 1.165) is 30.6 Å². The van der Waals surface area contributed by atoms with Crippen LogP contribution in [0.5, 0.6) is 0 Å². The highest BCUT2D eigenvalue weighted by atomic mass is 32.2. The number of hydrogen-bond acceptors (Lipinski definition) is 7. The second kappa shape index (κ2) is 11.9. The second-order valence-electron chi connectivity index (χ2n) is 9.76. The number of amides is 3. The molecule has 0 saturated heterocycles. The lowest BCUT2D eigenvalue weighted by Crippen LogP contribution is -2.33. The maximum absolute atomic E-state index is 13.4. The predicted octanol–water partition coefficient (Wildman–Crippen LogP) is 5.94. The summed E-state index contributed by atoms with van der Waals surface area (Å²) in [5.74, 6) is -1.35. The van der Waals surface area contributed by atoms with Gasteiger partial charge in [0.2, 0.25) is 10.0 Å². The molecule has 0 atom stereocenters. The van der Waals surface area contributed by atoms with Crippen molar-refractivity contribution in [2.45, 2.75) is 44.4 Å². The summed E-state index contributed by atoms with van der Waals surface area (Å²) in [5, 5.41) is 3.07. The average Bonchev–Trinajstić information content (AvgIpc) is 3.49. The van der Waals surface area contributed by atoms with Crippen LogP contribution in [0.1, 0.15) is 70.6 Å². The van der Waals surface area contributed by atoms with Crippen molar-refractivity contribution in [1.29, 1.82) is 0 Å². The number of thiazole rings is 1. The number of imide groups is 1. The molecule has 3 amide bonds. The summed E-state index contributed by atoms with van der Waals surface area (Å²) < 4.78 is 29.0. The van der Waals surface area contributed by atoms with Crippen LogP contribution in [-0.2, 0) is 10.0 Å².